The molecule has 2 N–H and O–H groups in total. The van der Waals surface area contributed by atoms with E-state index in [1.165, 1.54) is 6.92 Å². The van der Waals surface area contributed by atoms with Gasteiger partial charge in [-0.2, -0.15) is 0 Å². The first kappa shape index (κ1) is 18.1. The maximum atomic E-state index is 12.6. The van der Waals surface area contributed by atoms with Gasteiger partial charge >= 0.3 is 0 Å². The quantitative estimate of drug-likeness (QED) is 0.660. The van der Waals surface area contributed by atoms with Gasteiger partial charge in [-0.3, -0.25) is 15.2 Å². The van der Waals surface area contributed by atoms with Gasteiger partial charge in [-0.1, -0.05) is 29.8 Å². The minimum absolute atomic E-state index is 0.110. The Labute approximate surface area is 167 Å². The Bertz CT molecular complexity index is 1080. The lowest BCUT2D eigenvalue weighted by Crippen LogP contribution is -2.38. The van der Waals surface area contributed by atoms with E-state index in [-0.39, 0.29) is 5.78 Å². The van der Waals surface area contributed by atoms with Crippen LogP contribution in [0.4, 0.5) is 5.69 Å². The van der Waals surface area contributed by atoms with E-state index in [9.17, 15) is 4.79 Å². The Morgan fingerprint density at radius 1 is 1.25 bits per heavy atom. The van der Waals surface area contributed by atoms with E-state index >= 15 is 0 Å². The fraction of sp³-hybridized carbons (Fsp3) is 0.143. The summed E-state index contributed by atoms with van der Waals surface area (Å²) in [6.45, 7) is 4.20. The van der Waals surface area contributed by atoms with Gasteiger partial charge in [-0.05, 0) is 44.2 Å². The number of carbonyl (C=O) groups is 1. The summed E-state index contributed by atoms with van der Waals surface area (Å²) < 4.78 is 5.91. The summed E-state index contributed by atoms with van der Waals surface area (Å²) in [5.41, 5.74) is 7.05. The number of ketones is 1. The Hall–Kier alpha value is -3.25. The second-order valence-electron chi connectivity index (χ2n) is 6.37. The monoisotopic (exact) mass is 394 g/mol. The second-order valence-corrected chi connectivity index (χ2v) is 6.81. The molecule has 6 nitrogen and oxygen atoms in total. The lowest BCUT2D eigenvalue weighted by atomic mass is 10.0. The number of nitrogens with zero attached hydrogens (tertiary/aromatic N) is 2. The molecule has 1 aliphatic rings. The molecule has 0 saturated carbocycles. The second kappa shape index (κ2) is 7.40. The van der Waals surface area contributed by atoms with Gasteiger partial charge in [0.1, 0.15) is 11.2 Å². The molecular weight excluding hydrogens is 376 g/mol. The predicted octanol–water partition coefficient (Wildman–Crippen LogP) is 4.57. The van der Waals surface area contributed by atoms with Crippen LogP contribution in [-0.2, 0) is 4.79 Å². The standard InChI is InChI=1S/C21H19ClN4O2/c1-3-26-12-17(23-15-8-6-7-14(22)11-15)19(13(2)27)20(25-26)21-24-16-9-4-5-10-18(16)28-21/h4-12,23,25H,3H2,1-2H3. The molecule has 1 aliphatic heterocycles. The molecule has 2 heterocycles. The van der Waals surface area contributed by atoms with Gasteiger partial charge in [0, 0.05) is 23.5 Å². The number of oxazole rings is 1. The van der Waals surface area contributed by atoms with Crippen LogP contribution >= 0.6 is 11.6 Å². The number of Topliss-reactive ketones (excluding diaryl/α,β-unsaturated/α-hetero) is 1. The summed E-state index contributed by atoms with van der Waals surface area (Å²) in [5.74, 6) is 0.254. The highest BCUT2D eigenvalue weighted by molar-refractivity contribution is 6.30. The van der Waals surface area contributed by atoms with Crippen molar-refractivity contribution in [2.75, 3.05) is 11.9 Å². The minimum Gasteiger partial charge on any atom is -0.435 e. The van der Waals surface area contributed by atoms with Crippen LogP contribution in [0.5, 0.6) is 0 Å². The number of halogens is 1. The first-order chi connectivity index (χ1) is 13.5. The number of hydrazine groups is 1. The van der Waals surface area contributed by atoms with Gasteiger partial charge in [0.05, 0.1) is 11.3 Å². The van der Waals surface area contributed by atoms with Crippen molar-refractivity contribution in [2.45, 2.75) is 13.8 Å². The van der Waals surface area contributed by atoms with Crippen LogP contribution in [0.2, 0.25) is 5.02 Å². The summed E-state index contributed by atoms with van der Waals surface area (Å²) in [7, 11) is 0. The fourth-order valence-corrected chi connectivity index (χ4v) is 3.26. The van der Waals surface area contributed by atoms with E-state index in [2.05, 4.69) is 15.7 Å². The van der Waals surface area contributed by atoms with Gasteiger partial charge in [-0.15, -0.1) is 0 Å². The number of fused-ring (bicyclic) bond motifs is 1. The van der Waals surface area contributed by atoms with Gasteiger partial charge in [0.15, 0.2) is 11.4 Å². The summed E-state index contributed by atoms with van der Waals surface area (Å²) >= 11 is 6.10. The third-order valence-corrected chi connectivity index (χ3v) is 4.60. The number of carbonyl (C=O) groups excluding carboxylic acids is 1. The molecule has 0 amide bonds. The fourth-order valence-electron chi connectivity index (χ4n) is 3.07. The van der Waals surface area contributed by atoms with E-state index in [0.717, 1.165) is 11.2 Å². The number of benzene rings is 2. The number of para-hydroxylation sites is 2. The number of allylic oxidation sites excluding steroid dienone is 1. The Morgan fingerprint density at radius 3 is 2.79 bits per heavy atom. The first-order valence-corrected chi connectivity index (χ1v) is 9.32. The number of aromatic nitrogens is 1. The zero-order valence-electron chi connectivity index (χ0n) is 15.5. The van der Waals surface area contributed by atoms with E-state index in [1.807, 2.05) is 54.5 Å². The van der Waals surface area contributed by atoms with Crippen LogP contribution in [0.15, 0.2) is 70.4 Å². The van der Waals surface area contributed by atoms with Crippen molar-refractivity contribution in [3.05, 3.63) is 76.9 Å². The molecular formula is C21H19ClN4O2. The van der Waals surface area contributed by atoms with E-state index in [0.29, 0.717) is 40.0 Å². The third-order valence-electron chi connectivity index (χ3n) is 4.36. The summed E-state index contributed by atoms with van der Waals surface area (Å²) in [6.07, 6.45) is 1.85. The molecule has 28 heavy (non-hydrogen) atoms. The van der Waals surface area contributed by atoms with E-state index < -0.39 is 0 Å². The number of rotatable bonds is 5. The van der Waals surface area contributed by atoms with Crippen molar-refractivity contribution in [1.82, 2.24) is 15.4 Å². The Morgan fingerprint density at radius 2 is 2.07 bits per heavy atom. The lowest BCUT2D eigenvalue weighted by molar-refractivity contribution is -0.113. The van der Waals surface area contributed by atoms with E-state index in [1.54, 1.807) is 12.1 Å². The third kappa shape index (κ3) is 3.46. The molecule has 0 aliphatic carbocycles. The molecule has 0 atom stereocenters. The molecule has 7 heteroatoms. The van der Waals surface area contributed by atoms with Crippen LogP contribution in [-0.4, -0.2) is 22.3 Å². The van der Waals surface area contributed by atoms with E-state index in [4.69, 9.17) is 16.0 Å². The summed E-state index contributed by atoms with van der Waals surface area (Å²) in [6, 6.07) is 14.8. The van der Waals surface area contributed by atoms with Crippen molar-refractivity contribution in [1.29, 1.82) is 0 Å². The molecule has 142 valence electrons. The molecule has 0 radical (unpaired) electrons. The molecule has 2 aromatic carbocycles. The zero-order chi connectivity index (χ0) is 19.7. The van der Waals surface area contributed by atoms with Gasteiger partial charge < -0.3 is 9.73 Å². The molecule has 0 saturated heterocycles. The highest BCUT2D eigenvalue weighted by atomic mass is 35.5. The molecule has 0 bridgehead atoms. The normalized spacial score (nSPS) is 14.1. The lowest BCUT2D eigenvalue weighted by Gasteiger charge is -2.30. The SMILES string of the molecule is CCN1C=C(Nc2cccc(Cl)c2)C(C(C)=O)=C(c2nc3ccccc3o2)N1. The van der Waals surface area contributed by atoms with Crippen LogP contribution in [0.3, 0.4) is 0 Å². The molecule has 1 aromatic heterocycles. The number of anilines is 1. The largest absolute Gasteiger partial charge is 0.435 e. The summed E-state index contributed by atoms with van der Waals surface area (Å²) in [5, 5.41) is 5.77. The van der Waals surface area contributed by atoms with Crippen LogP contribution in [0.1, 0.15) is 19.7 Å². The maximum absolute atomic E-state index is 12.6. The average Bonchev–Trinajstić information content (AvgIpc) is 3.11. The van der Waals surface area contributed by atoms with Crippen molar-refractivity contribution in [2.24, 2.45) is 0 Å². The average molecular weight is 395 g/mol. The highest BCUT2D eigenvalue weighted by Crippen LogP contribution is 2.30. The van der Waals surface area contributed by atoms with Gasteiger partial charge in [0.25, 0.3) is 0 Å². The van der Waals surface area contributed by atoms with Crippen molar-refractivity contribution in [3.63, 3.8) is 0 Å². The summed E-state index contributed by atoms with van der Waals surface area (Å²) in [4.78, 5) is 17.1. The van der Waals surface area contributed by atoms with Crippen LogP contribution in [0, 0.1) is 0 Å². The zero-order valence-corrected chi connectivity index (χ0v) is 16.2. The molecule has 4 rings (SSSR count). The predicted molar refractivity (Wildman–Crippen MR) is 110 cm³/mol. The molecule has 0 spiro atoms. The van der Waals surface area contributed by atoms with Crippen LogP contribution in [0.25, 0.3) is 16.8 Å². The molecule has 3 aromatic rings. The smallest absolute Gasteiger partial charge is 0.246 e. The highest BCUT2D eigenvalue weighted by Gasteiger charge is 2.27. The van der Waals surface area contributed by atoms with Gasteiger partial charge in [-0.25, -0.2) is 4.98 Å². The van der Waals surface area contributed by atoms with Crippen LogP contribution < -0.4 is 10.7 Å². The van der Waals surface area contributed by atoms with Crippen molar-refractivity contribution < 1.29 is 9.21 Å². The topological polar surface area (TPSA) is 70.4 Å². The first-order valence-electron chi connectivity index (χ1n) is 8.94. The van der Waals surface area contributed by atoms with Crippen molar-refractivity contribution >= 4 is 39.9 Å². The maximum Gasteiger partial charge on any atom is 0.246 e. The number of hydrogen-bond donors (Lipinski definition) is 2. The Balaban J connectivity index is 1.83. The molecule has 0 fully saturated rings. The van der Waals surface area contributed by atoms with Gasteiger partial charge in [0.2, 0.25) is 5.89 Å². The molecule has 0 unspecified atom stereocenters. The minimum atomic E-state index is -0.110. The number of nitrogens with one attached hydrogen (secondary N) is 2. The number of hydrogen-bond acceptors (Lipinski definition) is 6. The van der Waals surface area contributed by atoms with Crippen molar-refractivity contribution in [3.8, 4) is 0 Å². The Kier molecular flexibility index (Phi) is 4.79.